The monoisotopic (exact) mass is 369 g/mol. The molecule has 6 rings (SSSR count). The molecule has 1 unspecified atom stereocenters. The van der Waals surface area contributed by atoms with Gasteiger partial charge in [0.25, 0.3) is 0 Å². The van der Waals surface area contributed by atoms with Gasteiger partial charge < -0.3 is 15.3 Å². The second-order valence-corrected chi connectivity index (χ2v) is 9.65. The van der Waals surface area contributed by atoms with Crippen LogP contribution in [0.5, 0.6) is 0 Å². The van der Waals surface area contributed by atoms with E-state index in [1.807, 2.05) is 23.1 Å². The third-order valence-corrected chi connectivity index (χ3v) is 7.67. The summed E-state index contributed by atoms with van der Waals surface area (Å²) in [6, 6.07) is 5.80. The Bertz CT molecular complexity index is 649. The van der Waals surface area contributed by atoms with Gasteiger partial charge in [-0.25, -0.2) is 4.79 Å². The van der Waals surface area contributed by atoms with Crippen LogP contribution in [0.25, 0.3) is 0 Å². The molecular formula is C22H31N3O2. The number of pyridine rings is 1. The highest BCUT2D eigenvalue weighted by Crippen LogP contribution is 2.55. The second kappa shape index (κ2) is 6.77. The number of likely N-dealkylation sites (tertiary alicyclic amines) is 1. The number of amides is 2. The first-order valence-electron chi connectivity index (χ1n) is 10.8. The summed E-state index contributed by atoms with van der Waals surface area (Å²) in [5.41, 5.74) is 0.824. The van der Waals surface area contributed by atoms with Gasteiger partial charge in [0.15, 0.2) is 0 Å². The molecule has 5 heteroatoms. The Morgan fingerprint density at radius 2 is 1.74 bits per heavy atom. The number of aliphatic hydroxyl groups is 1. The maximum Gasteiger partial charge on any atom is 0.317 e. The van der Waals surface area contributed by atoms with Gasteiger partial charge in [-0.05, 0) is 87.2 Å². The lowest BCUT2D eigenvalue weighted by Gasteiger charge is -2.57. The van der Waals surface area contributed by atoms with E-state index in [1.54, 1.807) is 6.20 Å². The van der Waals surface area contributed by atoms with Gasteiger partial charge in [0, 0.05) is 24.8 Å². The van der Waals surface area contributed by atoms with E-state index in [9.17, 15) is 9.90 Å². The first kappa shape index (κ1) is 17.5. The summed E-state index contributed by atoms with van der Waals surface area (Å²) in [7, 11) is 0. The quantitative estimate of drug-likeness (QED) is 0.857. The largest absolute Gasteiger partial charge is 0.387 e. The molecule has 0 radical (unpaired) electrons. The summed E-state index contributed by atoms with van der Waals surface area (Å²) in [5, 5.41) is 14.1. The Morgan fingerprint density at radius 3 is 2.30 bits per heavy atom. The summed E-state index contributed by atoms with van der Waals surface area (Å²) in [4.78, 5) is 19.2. The minimum absolute atomic E-state index is 0.0795. The van der Waals surface area contributed by atoms with Crippen molar-refractivity contribution in [2.24, 2.45) is 23.7 Å². The van der Waals surface area contributed by atoms with Crippen LogP contribution in [0.1, 0.15) is 63.2 Å². The molecule has 5 aliphatic rings. The number of carbonyl (C=O) groups is 1. The Balaban J connectivity index is 1.17. The molecular weight excluding hydrogens is 338 g/mol. The van der Waals surface area contributed by atoms with E-state index in [0.717, 1.165) is 49.4 Å². The minimum atomic E-state index is -0.528. The van der Waals surface area contributed by atoms with Crippen LogP contribution in [0.4, 0.5) is 4.79 Å². The average molecular weight is 370 g/mol. The van der Waals surface area contributed by atoms with Gasteiger partial charge in [-0.1, -0.05) is 6.07 Å². The van der Waals surface area contributed by atoms with Crippen molar-refractivity contribution in [1.29, 1.82) is 0 Å². The van der Waals surface area contributed by atoms with Gasteiger partial charge in [0.1, 0.15) is 0 Å². The van der Waals surface area contributed by atoms with Gasteiger partial charge in [-0.2, -0.15) is 0 Å². The van der Waals surface area contributed by atoms with E-state index in [1.165, 1.54) is 38.5 Å². The van der Waals surface area contributed by atoms with Crippen LogP contribution in [-0.2, 0) is 0 Å². The predicted octanol–water partition coefficient (Wildman–Crippen LogP) is 3.51. The van der Waals surface area contributed by atoms with E-state index in [4.69, 9.17) is 0 Å². The van der Waals surface area contributed by atoms with Crippen molar-refractivity contribution < 1.29 is 9.90 Å². The molecule has 1 atom stereocenters. The van der Waals surface area contributed by atoms with Crippen molar-refractivity contribution in [3.63, 3.8) is 0 Å². The Morgan fingerprint density at radius 1 is 1.11 bits per heavy atom. The zero-order valence-electron chi connectivity index (χ0n) is 16.0. The van der Waals surface area contributed by atoms with Crippen molar-refractivity contribution in [2.45, 2.75) is 63.0 Å². The van der Waals surface area contributed by atoms with Crippen molar-refractivity contribution in [2.75, 3.05) is 13.1 Å². The third kappa shape index (κ3) is 3.35. The fraction of sp³-hybridized carbons (Fsp3) is 0.727. The van der Waals surface area contributed by atoms with E-state index in [-0.39, 0.29) is 17.5 Å². The van der Waals surface area contributed by atoms with Crippen LogP contribution in [0.2, 0.25) is 0 Å². The number of hydrogen-bond donors (Lipinski definition) is 2. The Kier molecular flexibility index (Phi) is 4.38. The molecule has 4 aliphatic carbocycles. The zero-order chi connectivity index (χ0) is 18.4. The number of rotatable bonds is 3. The second-order valence-electron chi connectivity index (χ2n) is 9.65. The lowest BCUT2D eigenvalue weighted by molar-refractivity contribution is -0.0169. The molecule has 5 fully saturated rings. The third-order valence-electron chi connectivity index (χ3n) is 7.67. The smallest absolute Gasteiger partial charge is 0.317 e. The number of aromatic nitrogens is 1. The highest BCUT2D eigenvalue weighted by molar-refractivity contribution is 5.75. The number of hydrogen-bond acceptors (Lipinski definition) is 3. The molecule has 2 heterocycles. The molecule has 4 bridgehead atoms. The minimum Gasteiger partial charge on any atom is -0.387 e. The van der Waals surface area contributed by atoms with E-state index in [2.05, 4.69) is 10.3 Å². The Labute approximate surface area is 161 Å². The number of nitrogens with zero attached hydrogens (tertiary/aromatic N) is 2. The summed E-state index contributed by atoms with van der Waals surface area (Å²) in [6.45, 7) is 1.46. The average Bonchev–Trinajstić information content (AvgIpc) is 2.67. The van der Waals surface area contributed by atoms with Crippen molar-refractivity contribution in [1.82, 2.24) is 15.2 Å². The van der Waals surface area contributed by atoms with E-state index < -0.39 is 6.10 Å². The molecule has 146 valence electrons. The molecule has 5 nitrogen and oxygen atoms in total. The molecule has 0 spiro atoms. The fourth-order valence-electron chi connectivity index (χ4n) is 6.78. The molecule has 1 aromatic heterocycles. The molecule has 27 heavy (non-hydrogen) atoms. The van der Waals surface area contributed by atoms with Crippen molar-refractivity contribution >= 4 is 6.03 Å². The van der Waals surface area contributed by atoms with Crippen LogP contribution < -0.4 is 5.32 Å². The lowest BCUT2D eigenvalue weighted by Crippen LogP contribution is -2.62. The van der Waals surface area contributed by atoms with Crippen LogP contribution in [0.15, 0.2) is 24.4 Å². The summed E-state index contributed by atoms with van der Waals surface area (Å²) >= 11 is 0. The van der Waals surface area contributed by atoms with E-state index >= 15 is 0 Å². The lowest BCUT2D eigenvalue weighted by atomic mass is 9.53. The normalized spacial score (nSPS) is 36.6. The number of piperidine rings is 1. The van der Waals surface area contributed by atoms with Gasteiger partial charge in [0.05, 0.1) is 11.8 Å². The standard InChI is InChI=1S/C22H31N3O2/c26-20(19-3-1-2-6-23-19)18-4-7-25(8-5-18)21(27)24-22-12-15-9-16(13-22)11-17(10-15)14-22/h1-3,6,15-18,20,26H,4-5,7-14H2,(H,24,27). The van der Waals surface area contributed by atoms with Crippen LogP contribution >= 0.6 is 0 Å². The molecule has 1 saturated heterocycles. The highest BCUT2D eigenvalue weighted by atomic mass is 16.3. The molecule has 4 saturated carbocycles. The predicted molar refractivity (Wildman–Crippen MR) is 103 cm³/mol. The van der Waals surface area contributed by atoms with Crippen LogP contribution in [-0.4, -0.2) is 39.6 Å². The molecule has 0 aromatic carbocycles. The molecule has 2 N–H and O–H groups in total. The topological polar surface area (TPSA) is 65.5 Å². The summed E-state index contributed by atoms with van der Waals surface area (Å²) in [5.74, 6) is 2.71. The molecule has 1 aromatic rings. The van der Waals surface area contributed by atoms with E-state index in [0.29, 0.717) is 0 Å². The maximum atomic E-state index is 13.0. The molecule has 1 aliphatic heterocycles. The van der Waals surface area contributed by atoms with Crippen molar-refractivity contribution in [3.8, 4) is 0 Å². The first-order valence-corrected chi connectivity index (χ1v) is 10.8. The number of aliphatic hydroxyl groups excluding tert-OH is 1. The van der Waals surface area contributed by atoms with Crippen LogP contribution in [0, 0.1) is 23.7 Å². The number of nitrogens with one attached hydrogen (secondary N) is 1. The maximum absolute atomic E-state index is 13.0. The SMILES string of the molecule is O=C(NC12CC3CC(CC(C3)C1)C2)N1CCC(C(O)c2ccccn2)CC1. The highest BCUT2D eigenvalue weighted by Gasteiger charge is 2.51. The van der Waals surface area contributed by atoms with Gasteiger partial charge in [-0.3, -0.25) is 4.98 Å². The Hall–Kier alpha value is -1.62. The zero-order valence-corrected chi connectivity index (χ0v) is 16.0. The first-order chi connectivity index (χ1) is 13.1. The fourth-order valence-corrected chi connectivity index (χ4v) is 6.78. The van der Waals surface area contributed by atoms with Gasteiger partial charge >= 0.3 is 6.03 Å². The number of carbonyl (C=O) groups excluding carboxylic acids is 1. The van der Waals surface area contributed by atoms with Gasteiger partial charge in [-0.15, -0.1) is 0 Å². The van der Waals surface area contributed by atoms with Crippen molar-refractivity contribution in [3.05, 3.63) is 30.1 Å². The molecule has 2 amide bonds. The van der Waals surface area contributed by atoms with Crippen LogP contribution in [0.3, 0.4) is 0 Å². The summed E-state index contributed by atoms with van der Waals surface area (Å²) < 4.78 is 0. The summed E-state index contributed by atoms with van der Waals surface area (Å²) in [6.07, 6.45) is 10.6. The number of urea groups is 1. The van der Waals surface area contributed by atoms with Gasteiger partial charge in [0.2, 0.25) is 0 Å².